The summed E-state index contributed by atoms with van der Waals surface area (Å²) in [5.74, 6) is -0.142. The summed E-state index contributed by atoms with van der Waals surface area (Å²) in [6.45, 7) is 4.02. The third-order valence-electron chi connectivity index (χ3n) is 3.15. The maximum absolute atomic E-state index is 12.3. The van der Waals surface area contributed by atoms with E-state index in [0.717, 1.165) is 22.3 Å². The predicted octanol–water partition coefficient (Wildman–Crippen LogP) is 3.20. The molecule has 0 aliphatic rings. The van der Waals surface area contributed by atoms with Crippen LogP contribution in [0.2, 0.25) is 0 Å². The Hall–Kier alpha value is -2.62. The summed E-state index contributed by atoms with van der Waals surface area (Å²) in [7, 11) is 0. The van der Waals surface area contributed by atoms with E-state index in [0.29, 0.717) is 5.56 Å². The molecule has 0 saturated carbocycles. The van der Waals surface area contributed by atoms with Gasteiger partial charge in [0, 0.05) is 11.9 Å². The van der Waals surface area contributed by atoms with Gasteiger partial charge >= 0.3 is 0 Å². The molecule has 0 radical (unpaired) electrons. The van der Waals surface area contributed by atoms with Crippen molar-refractivity contribution in [2.75, 3.05) is 5.32 Å². The fraction of sp³-hybridized carbons (Fsp3) is 0.125. The summed E-state index contributed by atoms with van der Waals surface area (Å²) in [5.41, 5.74) is 4.43. The number of aromatic nitrogens is 2. The molecule has 0 spiro atoms. The number of fused-ring (bicyclic) bond motifs is 1. The number of carbonyl (C=O) groups is 1. The molecule has 4 nitrogen and oxygen atoms in total. The Morgan fingerprint density at radius 2 is 1.90 bits per heavy atom. The lowest BCUT2D eigenvalue weighted by Crippen LogP contribution is -2.11. The fourth-order valence-electron chi connectivity index (χ4n) is 2.35. The van der Waals surface area contributed by atoms with Gasteiger partial charge in [0.25, 0.3) is 5.91 Å². The Kier molecular flexibility index (Phi) is 2.99. The van der Waals surface area contributed by atoms with Crippen molar-refractivity contribution in [3.8, 4) is 0 Å². The summed E-state index contributed by atoms with van der Waals surface area (Å²) in [4.78, 5) is 12.3. The number of hydrogen-bond acceptors (Lipinski definition) is 2. The number of benzene rings is 1. The molecule has 1 aromatic carbocycles. The maximum atomic E-state index is 12.3. The minimum absolute atomic E-state index is 0.142. The highest BCUT2D eigenvalue weighted by atomic mass is 16.1. The summed E-state index contributed by atoms with van der Waals surface area (Å²) >= 11 is 0. The molecule has 20 heavy (non-hydrogen) atoms. The van der Waals surface area contributed by atoms with E-state index in [-0.39, 0.29) is 5.91 Å². The van der Waals surface area contributed by atoms with Crippen molar-refractivity contribution in [2.45, 2.75) is 13.8 Å². The van der Waals surface area contributed by atoms with Gasteiger partial charge in [0.15, 0.2) is 0 Å². The van der Waals surface area contributed by atoms with E-state index in [2.05, 4.69) is 16.5 Å². The van der Waals surface area contributed by atoms with Gasteiger partial charge < -0.3 is 5.32 Å². The maximum Gasteiger partial charge on any atom is 0.259 e. The molecule has 1 amide bonds. The molecule has 0 aliphatic carbocycles. The topological polar surface area (TPSA) is 46.4 Å². The first-order valence-corrected chi connectivity index (χ1v) is 6.45. The lowest BCUT2D eigenvalue weighted by molar-refractivity contribution is 0.102. The highest BCUT2D eigenvalue weighted by Crippen LogP contribution is 2.16. The number of aryl methyl sites for hydroxylation is 2. The lowest BCUT2D eigenvalue weighted by atomic mass is 10.1. The van der Waals surface area contributed by atoms with Gasteiger partial charge in [0.2, 0.25) is 0 Å². The summed E-state index contributed by atoms with van der Waals surface area (Å²) in [5, 5.41) is 7.10. The molecule has 100 valence electrons. The zero-order valence-electron chi connectivity index (χ0n) is 11.4. The van der Waals surface area contributed by atoms with Gasteiger partial charge in [0.05, 0.1) is 17.3 Å². The zero-order chi connectivity index (χ0) is 14.1. The van der Waals surface area contributed by atoms with Gasteiger partial charge in [-0.2, -0.15) is 5.10 Å². The van der Waals surface area contributed by atoms with E-state index in [4.69, 9.17) is 0 Å². The standard InChI is InChI=1S/C16H15N3O/c1-11-7-12(2)9-13(8-11)18-16(20)14-10-17-19-6-4-3-5-15(14)19/h3-10H,1-2H3,(H,18,20). The number of hydrogen-bond donors (Lipinski definition) is 1. The number of anilines is 1. The van der Waals surface area contributed by atoms with Crippen molar-refractivity contribution >= 4 is 17.1 Å². The monoisotopic (exact) mass is 265 g/mol. The second-order valence-electron chi connectivity index (χ2n) is 4.92. The lowest BCUT2D eigenvalue weighted by Gasteiger charge is -2.06. The molecular formula is C16H15N3O. The third-order valence-corrected chi connectivity index (χ3v) is 3.15. The fourth-order valence-corrected chi connectivity index (χ4v) is 2.35. The van der Waals surface area contributed by atoms with Crippen LogP contribution in [0, 0.1) is 13.8 Å². The quantitative estimate of drug-likeness (QED) is 0.773. The summed E-state index contributed by atoms with van der Waals surface area (Å²) < 4.78 is 1.69. The van der Waals surface area contributed by atoms with Crippen LogP contribution in [0.4, 0.5) is 5.69 Å². The van der Waals surface area contributed by atoms with Gasteiger partial charge in [0.1, 0.15) is 0 Å². The minimum atomic E-state index is -0.142. The van der Waals surface area contributed by atoms with Crippen LogP contribution in [0.1, 0.15) is 21.5 Å². The Morgan fingerprint density at radius 1 is 1.15 bits per heavy atom. The van der Waals surface area contributed by atoms with Gasteiger partial charge in [-0.05, 0) is 49.2 Å². The molecule has 0 saturated heterocycles. The number of nitrogens with one attached hydrogen (secondary N) is 1. The van der Waals surface area contributed by atoms with Crippen LogP contribution in [0.25, 0.3) is 5.52 Å². The van der Waals surface area contributed by atoms with E-state index in [1.165, 1.54) is 0 Å². The van der Waals surface area contributed by atoms with Crippen molar-refractivity contribution in [3.63, 3.8) is 0 Å². The average Bonchev–Trinajstić information content (AvgIpc) is 2.81. The molecule has 1 N–H and O–H groups in total. The van der Waals surface area contributed by atoms with E-state index in [9.17, 15) is 4.79 Å². The molecule has 0 bridgehead atoms. The van der Waals surface area contributed by atoms with E-state index >= 15 is 0 Å². The molecule has 2 heterocycles. The minimum Gasteiger partial charge on any atom is -0.322 e. The Bertz CT molecular complexity index is 769. The van der Waals surface area contributed by atoms with Crippen molar-refractivity contribution in [1.82, 2.24) is 9.61 Å². The van der Waals surface area contributed by atoms with Crippen LogP contribution < -0.4 is 5.32 Å². The van der Waals surface area contributed by atoms with Crippen molar-refractivity contribution < 1.29 is 4.79 Å². The molecular weight excluding hydrogens is 250 g/mol. The predicted molar refractivity (Wildman–Crippen MR) is 79.1 cm³/mol. The van der Waals surface area contributed by atoms with Crippen molar-refractivity contribution in [3.05, 3.63) is 65.5 Å². The SMILES string of the molecule is Cc1cc(C)cc(NC(=O)c2cnn3ccccc23)c1. The van der Waals surface area contributed by atoms with Crippen molar-refractivity contribution in [1.29, 1.82) is 0 Å². The molecule has 3 rings (SSSR count). The Morgan fingerprint density at radius 3 is 2.65 bits per heavy atom. The summed E-state index contributed by atoms with van der Waals surface area (Å²) in [6, 6.07) is 11.6. The number of nitrogens with zero attached hydrogens (tertiary/aromatic N) is 2. The Balaban J connectivity index is 1.93. The number of carbonyl (C=O) groups excluding carboxylic acids is 1. The second kappa shape index (κ2) is 4.81. The smallest absolute Gasteiger partial charge is 0.259 e. The van der Waals surface area contributed by atoms with Crippen LogP contribution in [-0.4, -0.2) is 15.5 Å². The normalized spacial score (nSPS) is 10.7. The van der Waals surface area contributed by atoms with Gasteiger partial charge in [-0.25, -0.2) is 4.52 Å². The Labute approximate surface area is 117 Å². The van der Waals surface area contributed by atoms with Crippen LogP contribution in [-0.2, 0) is 0 Å². The van der Waals surface area contributed by atoms with Gasteiger partial charge in [-0.15, -0.1) is 0 Å². The van der Waals surface area contributed by atoms with Crippen LogP contribution in [0.3, 0.4) is 0 Å². The number of rotatable bonds is 2. The van der Waals surface area contributed by atoms with Crippen molar-refractivity contribution in [2.24, 2.45) is 0 Å². The number of amides is 1. The van der Waals surface area contributed by atoms with Gasteiger partial charge in [-0.1, -0.05) is 12.1 Å². The number of pyridine rings is 1. The zero-order valence-corrected chi connectivity index (χ0v) is 11.4. The summed E-state index contributed by atoms with van der Waals surface area (Å²) in [6.07, 6.45) is 3.41. The van der Waals surface area contributed by atoms with Crippen LogP contribution in [0.5, 0.6) is 0 Å². The molecule has 2 aromatic heterocycles. The largest absolute Gasteiger partial charge is 0.322 e. The first-order chi connectivity index (χ1) is 9.63. The highest BCUT2D eigenvalue weighted by Gasteiger charge is 2.12. The molecule has 0 atom stereocenters. The molecule has 0 aliphatic heterocycles. The van der Waals surface area contributed by atoms with E-state index in [1.54, 1.807) is 10.7 Å². The molecule has 4 heteroatoms. The molecule has 0 fully saturated rings. The first-order valence-electron chi connectivity index (χ1n) is 6.45. The second-order valence-corrected chi connectivity index (χ2v) is 4.92. The van der Waals surface area contributed by atoms with Crippen LogP contribution in [0.15, 0.2) is 48.8 Å². The molecule has 0 unspecified atom stereocenters. The third kappa shape index (κ3) is 2.28. The van der Waals surface area contributed by atoms with E-state index < -0.39 is 0 Å². The van der Waals surface area contributed by atoms with Crippen LogP contribution >= 0.6 is 0 Å². The average molecular weight is 265 g/mol. The first kappa shape index (κ1) is 12.4. The van der Waals surface area contributed by atoms with Gasteiger partial charge in [-0.3, -0.25) is 4.79 Å². The van der Waals surface area contributed by atoms with E-state index in [1.807, 2.05) is 50.4 Å². The highest BCUT2D eigenvalue weighted by molar-refractivity contribution is 6.08. The molecule has 3 aromatic rings.